The molecular weight excluding hydrogens is 600 g/mol. The van der Waals surface area contributed by atoms with Crippen LogP contribution in [0.4, 0.5) is 0 Å². The third-order valence-corrected chi connectivity index (χ3v) is 14.1. The van der Waals surface area contributed by atoms with E-state index in [4.69, 9.17) is 23.4 Å². The number of hydrogen-bond donors (Lipinski definition) is 1. The van der Waals surface area contributed by atoms with Gasteiger partial charge in [0.25, 0.3) is 0 Å². The first-order chi connectivity index (χ1) is 22.5. The maximum Gasteiger partial charge on any atom is 0.339 e. The Morgan fingerprint density at radius 1 is 0.957 bits per heavy atom. The van der Waals surface area contributed by atoms with E-state index in [1.165, 1.54) is 5.56 Å². The van der Waals surface area contributed by atoms with Gasteiger partial charge in [0.1, 0.15) is 24.4 Å². The molecule has 7 aliphatic rings. The molecule has 2 spiro atoms. The summed E-state index contributed by atoms with van der Waals surface area (Å²) in [6, 6.07) is 12.3. The van der Waals surface area contributed by atoms with Crippen molar-refractivity contribution in [2.45, 2.75) is 108 Å². The van der Waals surface area contributed by atoms with Gasteiger partial charge in [0, 0.05) is 21.8 Å². The van der Waals surface area contributed by atoms with Gasteiger partial charge in [-0.2, -0.15) is 0 Å². The topological polar surface area (TPSA) is 125 Å². The first-order valence-corrected chi connectivity index (χ1v) is 17.5. The molecule has 5 heterocycles. The third kappa shape index (κ3) is 3.58. The molecule has 0 bridgehead atoms. The van der Waals surface area contributed by atoms with Gasteiger partial charge in [-0.1, -0.05) is 50.1 Å². The summed E-state index contributed by atoms with van der Waals surface area (Å²) in [4.78, 5) is 41.9. The molecule has 9 rings (SSSR count). The minimum Gasteiger partial charge on any atom is -0.472 e. The van der Waals surface area contributed by atoms with E-state index in [0.29, 0.717) is 18.8 Å². The van der Waals surface area contributed by atoms with Crippen molar-refractivity contribution in [3.8, 4) is 0 Å². The number of hydrogen-bond acceptors (Lipinski definition) is 9. The lowest BCUT2D eigenvalue weighted by atomic mass is 9.32. The molecule has 3 saturated carbocycles. The number of ether oxygens (including phenoxy) is 4. The smallest absolute Gasteiger partial charge is 0.339 e. The number of esters is 2. The zero-order chi connectivity index (χ0) is 32.6. The first-order valence-electron chi connectivity index (χ1n) is 17.5. The van der Waals surface area contributed by atoms with Crippen molar-refractivity contribution in [1.29, 1.82) is 0 Å². The number of aliphatic hydroxyl groups excluding tert-OH is 1. The Balaban J connectivity index is 1.25. The highest BCUT2D eigenvalue weighted by Gasteiger charge is 2.92. The number of epoxide rings is 1. The Labute approximate surface area is 274 Å². The number of fused-ring (bicyclic) bond motifs is 1. The lowest BCUT2D eigenvalue weighted by Crippen LogP contribution is -2.79. The Morgan fingerprint density at radius 2 is 1.77 bits per heavy atom. The Bertz CT molecular complexity index is 1620. The second-order valence-corrected chi connectivity index (χ2v) is 16.4. The summed E-state index contributed by atoms with van der Waals surface area (Å²) in [5, 5.41) is 13.0. The van der Waals surface area contributed by atoms with Crippen molar-refractivity contribution >= 4 is 17.7 Å². The van der Waals surface area contributed by atoms with Crippen molar-refractivity contribution in [2.75, 3.05) is 6.61 Å². The number of furan rings is 1. The monoisotopic (exact) mass is 644 g/mol. The molecule has 1 aromatic carbocycles. The minimum atomic E-state index is -1.39. The highest BCUT2D eigenvalue weighted by atomic mass is 16.7. The fourth-order valence-corrected chi connectivity index (χ4v) is 12.7. The van der Waals surface area contributed by atoms with Crippen molar-refractivity contribution in [2.24, 2.45) is 39.9 Å². The summed E-state index contributed by atoms with van der Waals surface area (Å²) >= 11 is 0. The summed E-state index contributed by atoms with van der Waals surface area (Å²) in [5.74, 6) is -1.80. The van der Waals surface area contributed by atoms with Crippen molar-refractivity contribution in [1.82, 2.24) is 0 Å². The van der Waals surface area contributed by atoms with Gasteiger partial charge in [0.05, 0.1) is 36.6 Å². The molecule has 9 heteroatoms. The number of rotatable bonds is 4. The van der Waals surface area contributed by atoms with Gasteiger partial charge in [-0.15, -0.1) is 0 Å². The van der Waals surface area contributed by atoms with Gasteiger partial charge < -0.3 is 28.5 Å². The number of Topliss-reactive ketones (excluding diaryl/α,β-unsaturated/α-hetero) is 1. The van der Waals surface area contributed by atoms with Crippen LogP contribution in [0.2, 0.25) is 0 Å². The summed E-state index contributed by atoms with van der Waals surface area (Å²) in [6.07, 6.45) is 5.56. The van der Waals surface area contributed by atoms with E-state index in [-0.39, 0.29) is 36.6 Å². The van der Waals surface area contributed by atoms with Gasteiger partial charge in [-0.3, -0.25) is 9.59 Å². The van der Waals surface area contributed by atoms with E-state index in [1.807, 2.05) is 26.0 Å². The predicted octanol–water partition coefficient (Wildman–Crippen LogP) is 5.14. The van der Waals surface area contributed by atoms with E-state index < -0.39 is 63.8 Å². The highest BCUT2D eigenvalue weighted by molar-refractivity contribution is 5.92. The fraction of sp³-hybridized carbons (Fsp3) is 0.658. The summed E-state index contributed by atoms with van der Waals surface area (Å²) in [7, 11) is 0. The number of carbonyl (C=O) groups excluding carboxylic acids is 3. The molecule has 0 radical (unpaired) electrons. The maximum absolute atomic E-state index is 15.1. The standard InChI is InChI=1S/C38H44O9/c1-34(2)29-28(40)30(41)37(24-11-7-10-22(17-24)16-21-8-5-4-6-9-21)25(36(29)20-44-27(39)18-26(36)46-34)12-14-35(3)31(23-13-15-43-19-23)45-33(42)32-38(35,37)47-32/h4-6,8-9,13,15,19,22,24-26,29-32,41H,7,10-12,14,16-18,20H2,1-3H3/t22-,24+,25-,26+,29-,30-,31+,32-,35+,36+,37+,38-/m1/s1. The van der Waals surface area contributed by atoms with Crippen LogP contribution in [0.15, 0.2) is 53.3 Å². The lowest BCUT2D eigenvalue weighted by Gasteiger charge is -2.70. The molecule has 250 valence electrons. The number of carbonyl (C=O) groups is 3. The van der Waals surface area contributed by atoms with E-state index in [1.54, 1.807) is 12.5 Å². The van der Waals surface area contributed by atoms with Crippen LogP contribution in [0.1, 0.15) is 82.9 Å². The molecule has 47 heavy (non-hydrogen) atoms. The van der Waals surface area contributed by atoms with Crippen LogP contribution in [0.5, 0.6) is 0 Å². The zero-order valence-corrected chi connectivity index (χ0v) is 27.3. The summed E-state index contributed by atoms with van der Waals surface area (Å²) < 4.78 is 31.1. The van der Waals surface area contributed by atoms with E-state index >= 15 is 4.79 Å². The van der Waals surface area contributed by atoms with Crippen LogP contribution >= 0.6 is 0 Å². The molecule has 0 amide bonds. The lowest BCUT2D eigenvalue weighted by molar-refractivity contribution is -0.276. The van der Waals surface area contributed by atoms with Crippen LogP contribution in [0, 0.1) is 39.9 Å². The molecule has 4 saturated heterocycles. The molecule has 12 atom stereocenters. The van der Waals surface area contributed by atoms with Gasteiger partial charge in [0.15, 0.2) is 11.9 Å². The average Bonchev–Trinajstić information content (AvgIpc) is 3.49. The number of ketones is 1. The van der Waals surface area contributed by atoms with E-state index in [0.717, 1.165) is 37.7 Å². The van der Waals surface area contributed by atoms with Crippen molar-refractivity contribution in [3.05, 3.63) is 60.1 Å². The number of benzene rings is 1. The van der Waals surface area contributed by atoms with E-state index in [2.05, 4.69) is 31.2 Å². The minimum absolute atomic E-state index is 0.0582. The Hall–Kier alpha value is -3.01. The normalized spacial score (nSPS) is 47.8. The molecule has 3 aliphatic carbocycles. The van der Waals surface area contributed by atoms with Crippen LogP contribution in [-0.2, 0) is 39.8 Å². The first kappa shape index (κ1) is 30.1. The average molecular weight is 645 g/mol. The SMILES string of the molecule is CC1(C)O[C@H]2CC(=O)OC[C@@]23[C@@H]1C(=O)[C@@H](O)[C@]1([C@H]2CCC[C@H](Cc4ccccc4)C2)[C@@H]3CC[C@@]2(C)[C@H](c3ccoc3)OC(=O)[C@H]3O[C@@]312. The second-order valence-electron chi connectivity index (χ2n) is 16.4. The van der Waals surface area contributed by atoms with Gasteiger partial charge in [0.2, 0.25) is 0 Å². The number of cyclic esters (lactones) is 2. The second kappa shape index (κ2) is 9.79. The number of aliphatic hydroxyl groups is 1. The van der Waals surface area contributed by atoms with Crippen molar-refractivity contribution < 1.29 is 42.9 Å². The molecule has 2 aromatic rings. The van der Waals surface area contributed by atoms with E-state index in [9.17, 15) is 14.7 Å². The largest absolute Gasteiger partial charge is 0.472 e. The molecule has 9 nitrogen and oxygen atoms in total. The zero-order valence-electron chi connectivity index (χ0n) is 27.3. The summed E-state index contributed by atoms with van der Waals surface area (Å²) in [6.45, 7) is 5.99. The molecule has 1 N–H and O–H groups in total. The van der Waals surface area contributed by atoms with Crippen LogP contribution < -0.4 is 0 Å². The Kier molecular flexibility index (Phi) is 6.27. The van der Waals surface area contributed by atoms with Gasteiger partial charge in [-0.05, 0) is 75.3 Å². The van der Waals surface area contributed by atoms with Crippen LogP contribution in [-0.4, -0.2) is 58.9 Å². The fourth-order valence-electron chi connectivity index (χ4n) is 12.7. The molecule has 0 unspecified atom stereocenters. The molecule has 4 aliphatic heterocycles. The van der Waals surface area contributed by atoms with Gasteiger partial charge >= 0.3 is 11.9 Å². The Morgan fingerprint density at radius 3 is 2.53 bits per heavy atom. The molecular formula is C38H44O9. The third-order valence-electron chi connectivity index (χ3n) is 14.1. The quantitative estimate of drug-likeness (QED) is 0.356. The van der Waals surface area contributed by atoms with Crippen LogP contribution in [0.25, 0.3) is 0 Å². The van der Waals surface area contributed by atoms with Crippen LogP contribution in [0.3, 0.4) is 0 Å². The predicted molar refractivity (Wildman–Crippen MR) is 165 cm³/mol. The van der Waals surface area contributed by atoms with Crippen molar-refractivity contribution in [3.63, 3.8) is 0 Å². The molecule has 7 fully saturated rings. The molecule has 1 aromatic heterocycles. The summed E-state index contributed by atoms with van der Waals surface area (Å²) in [5.41, 5.74) is -2.77. The highest BCUT2D eigenvalue weighted by Crippen LogP contribution is 2.82. The maximum atomic E-state index is 15.1. The van der Waals surface area contributed by atoms with Gasteiger partial charge in [-0.25, -0.2) is 4.79 Å².